The second kappa shape index (κ2) is 9.71. The van der Waals surface area contributed by atoms with E-state index in [1.807, 2.05) is 6.92 Å². The summed E-state index contributed by atoms with van der Waals surface area (Å²) in [6, 6.07) is 17.8. The summed E-state index contributed by atoms with van der Waals surface area (Å²) in [6.45, 7) is 2.17. The van der Waals surface area contributed by atoms with Gasteiger partial charge in [-0.05, 0) is 24.6 Å². The Labute approximate surface area is 186 Å². The van der Waals surface area contributed by atoms with Gasteiger partial charge in [0.1, 0.15) is 17.3 Å². The Morgan fingerprint density at radius 2 is 1.66 bits per heavy atom. The molecular weight excluding hydrogens is 410 g/mol. The lowest BCUT2D eigenvalue weighted by Gasteiger charge is -2.36. The second-order valence-electron chi connectivity index (χ2n) is 6.74. The normalized spacial score (nSPS) is 15.8. The Hall–Kier alpha value is -4.25. The Morgan fingerprint density at radius 1 is 1.03 bits per heavy atom. The first-order chi connectivity index (χ1) is 15.5. The summed E-state index contributed by atoms with van der Waals surface area (Å²) < 4.78 is 15.7. The molecule has 0 bridgehead atoms. The molecule has 0 amide bonds. The van der Waals surface area contributed by atoms with Gasteiger partial charge in [-0.25, -0.2) is 9.59 Å². The molecule has 1 aliphatic heterocycles. The van der Waals surface area contributed by atoms with Crippen molar-refractivity contribution in [1.82, 2.24) is 0 Å². The summed E-state index contributed by atoms with van der Waals surface area (Å²) in [5.41, 5.74) is 7.36. The SMILES string of the molecule is CCOc1ccccc1N1C(N)=C(C#N)C(c2ccccc2)C(C(=O)OC)=C1C(=O)OC. The maximum atomic E-state index is 13.0. The third-order valence-corrected chi connectivity index (χ3v) is 5.02. The number of para-hydroxylation sites is 2. The highest BCUT2D eigenvalue weighted by Crippen LogP contribution is 2.45. The summed E-state index contributed by atoms with van der Waals surface area (Å²) >= 11 is 0. The molecule has 1 unspecified atom stereocenters. The summed E-state index contributed by atoms with van der Waals surface area (Å²) in [5, 5.41) is 10.0. The van der Waals surface area contributed by atoms with Crippen molar-refractivity contribution < 1.29 is 23.8 Å². The zero-order chi connectivity index (χ0) is 23.3. The molecule has 1 atom stereocenters. The van der Waals surface area contributed by atoms with E-state index < -0.39 is 17.9 Å². The van der Waals surface area contributed by atoms with Crippen molar-refractivity contribution in [2.75, 3.05) is 25.7 Å². The zero-order valence-corrected chi connectivity index (χ0v) is 18.0. The molecule has 0 aliphatic carbocycles. The third kappa shape index (κ3) is 3.88. The number of esters is 2. The van der Waals surface area contributed by atoms with Crippen LogP contribution in [-0.4, -0.2) is 32.8 Å². The van der Waals surface area contributed by atoms with Crippen molar-refractivity contribution in [3.63, 3.8) is 0 Å². The molecule has 164 valence electrons. The number of ether oxygens (including phenoxy) is 3. The molecule has 32 heavy (non-hydrogen) atoms. The highest BCUT2D eigenvalue weighted by atomic mass is 16.5. The maximum absolute atomic E-state index is 13.0. The number of rotatable bonds is 6. The van der Waals surface area contributed by atoms with Crippen molar-refractivity contribution in [3.8, 4) is 11.8 Å². The molecule has 8 heteroatoms. The van der Waals surface area contributed by atoms with E-state index in [-0.39, 0.29) is 22.7 Å². The molecule has 1 aliphatic rings. The summed E-state index contributed by atoms with van der Waals surface area (Å²) in [4.78, 5) is 27.4. The second-order valence-corrected chi connectivity index (χ2v) is 6.74. The van der Waals surface area contributed by atoms with E-state index in [1.165, 1.54) is 19.1 Å². The zero-order valence-electron chi connectivity index (χ0n) is 18.0. The van der Waals surface area contributed by atoms with Gasteiger partial charge in [-0.1, -0.05) is 42.5 Å². The van der Waals surface area contributed by atoms with E-state index in [2.05, 4.69) is 6.07 Å². The van der Waals surface area contributed by atoms with Gasteiger partial charge in [0.25, 0.3) is 0 Å². The summed E-state index contributed by atoms with van der Waals surface area (Å²) in [7, 11) is 2.41. The topological polar surface area (TPSA) is 115 Å². The predicted octanol–water partition coefficient (Wildman–Crippen LogP) is 2.98. The Kier molecular flexibility index (Phi) is 6.80. The molecule has 0 aromatic heterocycles. The van der Waals surface area contributed by atoms with Crippen LogP contribution in [0.25, 0.3) is 0 Å². The first-order valence-electron chi connectivity index (χ1n) is 9.87. The van der Waals surface area contributed by atoms with Crippen LogP contribution in [0.15, 0.2) is 77.3 Å². The fourth-order valence-corrected chi connectivity index (χ4v) is 3.68. The van der Waals surface area contributed by atoms with Crippen LogP contribution in [0.3, 0.4) is 0 Å². The minimum Gasteiger partial charge on any atom is -0.492 e. The van der Waals surface area contributed by atoms with Crippen LogP contribution in [0.5, 0.6) is 5.75 Å². The maximum Gasteiger partial charge on any atom is 0.355 e. The molecule has 1 heterocycles. The van der Waals surface area contributed by atoms with Crippen LogP contribution in [0.1, 0.15) is 18.4 Å². The highest BCUT2D eigenvalue weighted by Gasteiger charge is 2.43. The van der Waals surface area contributed by atoms with Gasteiger partial charge in [-0.2, -0.15) is 5.26 Å². The summed E-state index contributed by atoms with van der Waals surface area (Å²) in [6.07, 6.45) is 0. The van der Waals surface area contributed by atoms with Crippen LogP contribution in [0.4, 0.5) is 5.69 Å². The average Bonchev–Trinajstić information content (AvgIpc) is 2.83. The number of hydrogen-bond donors (Lipinski definition) is 1. The quantitative estimate of drug-likeness (QED) is 0.692. The number of nitrogens with zero attached hydrogens (tertiary/aromatic N) is 2. The van der Waals surface area contributed by atoms with Crippen LogP contribution >= 0.6 is 0 Å². The lowest BCUT2D eigenvalue weighted by atomic mass is 9.81. The Morgan fingerprint density at radius 3 is 2.25 bits per heavy atom. The summed E-state index contributed by atoms with van der Waals surface area (Å²) in [5.74, 6) is -2.10. The molecule has 3 rings (SSSR count). The van der Waals surface area contributed by atoms with Gasteiger partial charge in [0.15, 0.2) is 0 Å². The number of anilines is 1. The minimum atomic E-state index is -0.918. The van der Waals surface area contributed by atoms with Gasteiger partial charge < -0.3 is 19.9 Å². The van der Waals surface area contributed by atoms with Gasteiger partial charge in [0.2, 0.25) is 0 Å². The van der Waals surface area contributed by atoms with E-state index in [0.29, 0.717) is 23.6 Å². The monoisotopic (exact) mass is 433 g/mol. The molecule has 0 saturated carbocycles. The molecular formula is C24H23N3O5. The lowest BCUT2D eigenvalue weighted by Crippen LogP contribution is -2.41. The fourth-order valence-electron chi connectivity index (χ4n) is 3.68. The van der Waals surface area contributed by atoms with Gasteiger partial charge in [0.05, 0.1) is 49.6 Å². The number of hydrogen-bond acceptors (Lipinski definition) is 8. The van der Waals surface area contributed by atoms with Crippen molar-refractivity contribution in [1.29, 1.82) is 5.26 Å². The molecule has 0 saturated heterocycles. The number of carbonyl (C=O) groups excluding carboxylic acids is 2. The number of carbonyl (C=O) groups is 2. The molecule has 0 radical (unpaired) electrons. The highest BCUT2D eigenvalue weighted by molar-refractivity contribution is 6.06. The predicted molar refractivity (Wildman–Crippen MR) is 117 cm³/mol. The first kappa shape index (κ1) is 22.4. The van der Waals surface area contributed by atoms with Crippen LogP contribution in [0, 0.1) is 11.3 Å². The Balaban J connectivity index is 2.42. The van der Waals surface area contributed by atoms with E-state index >= 15 is 0 Å². The first-order valence-corrected chi connectivity index (χ1v) is 9.87. The van der Waals surface area contributed by atoms with Crippen LogP contribution in [-0.2, 0) is 19.1 Å². The fraction of sp³-hybridized carbons (Fsp3) is 0.208. The molecule has 2 aromatic carbocycles. The van der Waals surface area contributed by atoms with E-state index in [1.54, 1.807) is 54.6 Å². The van der Waals surface area contributed by atoms with Crippen LogP contribution in [0.2, 0.25) is 0 Å². The number of methoxy groups -OCH3 is 2. The van der Waals surface area contributed by atoms with E-state index in [0.717, 1.165) is 0 Å². The molecule has 2 N–H and O–H groups in total. The standard InChI is InChI=1S/C24H23N3O5/c1-4-32-18-13-9-8-12-17(18)27-21(24(29)31-3)20(23(28)30-2)19(16(14-25)22(27)26)15-10-6-5-7-11-15/h5-13,19H,4,26H2,1-3H3. The van der Waals surface area contributed by atoms with Gasteiger partial charge in [-0.3, -0.25) is 4.90 Å². The van der Waals surface area contributed by atoms with Gasteiger partial charge in [-0.15, -0.1) is 0 Å². The number of allylic oxidation sites excluding steroid dienone is 1. The minimum absolute atomic E-state index is 0.0124. The van der Waals surface area contributed by atoms with Crippen molar-refractivity contribution >= 4 is 17.6 Å². The molecule has 8 nitrogen and oxygen atoms in total. The van der Waals surface area contributed by atoms with Crippen molar-refractivity contribution in [3.05, 3.63) is 82.8 Å². The van der Waals surface area contributed by atoms with E-state index in [4.69, 9.17) is 19.9 Å². The van der Waals surface area contributed by atoms with Gasteiger partial charge in [0, 0.05) is 0 Å². The third-order valence-electron chi connectivity index (χ3n) is 5.02. The van der Waals surface area contributed by atoms with Crippen molar-refractivity contribution in [2.45, 2.75) is 12.8 Å². The average molecular weight is 433 g/mol. The largest absolute Gasteiger partial charge is 0.492 e. The Bertz CT molecular complexity index is 1130. The number of nitrogens with two attached hydrogens (primary N) is 1. The molecule has 0 spiro atoms. The molecule has 0 fully saturated rings. The van der Waals surface area contributed by atoms with Gasteiger partial charge >= 0.3 is 11.9 Å². The van der Waals surface area contributed by atoms with Crippen molar-refractivity contribution in [2.24, 2.45) is 5.73 Å². The van der Waals surface area contributed by atoms with Crippen LogP contribution < -0.4 is 15.4 Å². The number of benzene rings is 2. The van der Waals surface area contributed by atoms with E-state index in [9.17, 15) is 14.9 Å². The molecule has 2 aromatic rings. The number of nitriles is 1. The smallest absolute Gasteiger partial charge is 0.355 e. The lowest BCUT2D eigenvalue weighted by molar-refractivity contribution is -0.139.